The molecule has 0 aliphatic carbocycles. The van der Waals surface area contributed by atoms with Crippen molar-refractivity contribution in [1.82, 2.24) is 14.6 Å². The van der Waals surface area contributed by atoms with E-state index < -0.39 is 80.1 Å². The van der Waals surface area contributed by atoms with Crippen LogP contribution in [0.15, 0.2) is 46.1 Å². The van der Waals surface area contributed by atoms with Crippen LogP contribution < -0.4 is 20.9 Å². The van der Waals surface area contributed by atoms with Crippen LogP contribution in [0.4, 0.5) is 17.6 Å². The van der Waals surface area contributed by atoms with E-state index in [1.165, 1.54) is 36.2 Å². The molecule has 0 amide bonds. The van der Waals surface area contributed by atoms with Crippen molar-refractivity contribution in [1.29, 1.82) is 0 Å². The first-order chi connectivity index (χ1) is 18.2. The second-order valence-corrected chi connectivity index (χ2v) is 10.5. The fourth-order valence-corrected chi connectivity index (χ4v) is 5.06. The van der Waals surface area contributed by atoms with Crippen molar-refractivity contribution in [3.8, 4) is 5.75 Å². The van der Waals surface area contributed by atoms with Crippen molar-refractivity contribution in [2.75, 3.05) is 6.61 Å². The van der Waals surface area contributed by atoms with E-state index in [2.05, 4.69) is 5.09 Å². The second kappa shape index (κ2) is 12.0. The SMILES string of the molecule is CC(C)OC(=O)[C@H](C)NP(=O)(OC[C@@]1(C(F)F)O[C@@H](n2cc(F)c(=O)[nH]c2=O)[C@H](F)[C@@H]1O)Oc1ccccc1. The average molecular weight is 583 g/mol. The fraction of sp³-hybridized carbons (Fsp3) is 0.500. The van der Waals surface area contributed by atoms with E-state index in [0.29, 0.717) is 0 Å². The Bertz CT molecular complexity index is 1330. The summed E-state index contributed by atoms with van der Waals surface area (Å²) >= 11 is 0. The van der Waals surface area contributed by atoms with Crippen molar-refractivity contribution in [3.05, 3.63) is 63.2 Å². The minimum Gasteiger partial charge on any atom is -0.462 e. The zero-order valence-corrected chi connectivity index (χ0v) is 21.6. The number of aromatic amines is 1. The number of rotatable bonds is 11. The van der Waals surface area contributed by atoms with Crippen molar-refractivity contribution < 1.29 is 50.5 Å². The number of nitrogens with one attached hydrogen (secondary N) is 2. The Kier molecular flexibility index (Phi) is 9.39. The lowest BCUT2D eigenvalue weighted by atomic mass is 9.97. The van der Waals surface area contributed by atoms with E-state index in [0.717, 1.165) is 0 Å². The first kappa shape index (κ1) is 30.5. The third-order valence-electron chi connectivity index (χ3n) is 5.47. The molecule has 1 unspecified atom stereocenters. The number of carbonyl (C=O) groups is 1. The van der Waals surface area contributed by atoms with Crippen LogP contribution in [-0.2, 0) is 23.4 Å². The van der Waals surface area contributed by atoms with Gasteiger partial charge in [0.15, 0.2) is 18.0 Å². The van der Waals surface area contributed by atoms with Gasteiger partial charge in [0.1, 0.15) is 17.9 Å². The average Bonchev–Trinajstić information content (AvgIpc) is 3.11. The zero-order chi connectivity index (χ0) is 29.1. The van der Waals surface area contributed by atoms with E-state index in [9.17, 15) is 37.2 Å². The predicted octanol–water partition coefficient (Wildman–Crippen LogP) is 2.04. The standard InChI is InChI=1S/C22H26F4N3O9P/c1-11(2)36-19(32)12(3)28-39(34,38-13-7-5-4-6-8-13)35-10-22(20(25)26)16(30)15(24)18(37-22)29-9-14(23)17(31)27-21(29)33/h4-9,11-12,15-16,18,20,30H,10H2,1-3H3,(H,28,34)(H,27,31,33)/t12-,15+,16-,18+,22+,39?/m0/s1. The van der Waals surface area contributed by atoms with E-state index in [1.807, 2.05) is 0 Å². The van der Waals surface area contributed by atoms with E-state index in [1.54, 1.807) is 19.9 Å². The second-order valence-electron chi connectivity index (χ2n) is 8.81. The molecule has 2 aromatic rings. The summed E-state index contributed by atoms with van der Waals surface area (Å²) in [6.45, 7) is 2.83. The van der Waals surface area contributed by atoms with E-state index in [4.69, 9.17) is 18.5 Å². The van der Waals surface area contributed by atoms with Crippen LogP contribution >= 0.6 is 7.75 Å². The summed E-state index contributed by atoms with van der Waals surface area (Å²) in [6, 6.07) is 5.88. The lowest BCUT2D eigenvalue weighted by Gasteiger charge is -2.32. The van der Waals surface area contributed by atoms with Crippen LogP contribution in [0.5, 0.6) is 5.75 Å². The topological polar surface area (TPSA) is 158 Å². The monoisotopic (exact) mass is 583 g/mol. The van der Waals surface area contributed by atoms with Gasteiger partial charge >= 0.3 is 19.4 Å². The molecule has 3 rings (SSSR count). The number of esters is 1. The Morgan fingerprint density at radius 3 is 2.49 bits per heavy atom. The number of hydrogen-bond acceptors (Lipinski definition) is 9. The fourth-order valence-electron chi connectivity index (χ4n) is 3.53. The molecule has 6 atom stereocenters. The molecule has 1 aromatic carbocycles. The molecule has 1 aromatic heterocycles. The predicted molar refractivity (Wildman–Crippen MR) is 125 cm³/mol. The lowest BCUT2D eigenvalue weighted by Crippen LogP contribution is -2.52. The molecule has 1 aliphatic heterocycles. The summed E-state index contributed by atoms with van der Waals surface area (Å²) < 4.78 is 91.6. The van der Waals surface area contributed by atoms with Gasteiger partial charge in [0, 0.05) is 0 Å². The number of benzene rings is 1. The molecule has 0 radical (unpaired) electrons. The molecular weight excluding hydrogens is 557 g/mol. The summed E-state index contributed by atoms with van der Waals surface area (Å²) in [5.74, 6) is -2.53. The molecule has 0 saturated carbocycles. The van der Waals surface area contributed by atoms with E-state index >= 15 is 4.39 Å². The molecule has 1 aliphatic rings. The number of alkyl halides is 3. The van der Waals surface area contributed by atoms with Gasteiger partial charge in [-0.15, -0.1) is 0 Å². The van der Waals surface area contributed by atoms with Gasteiger partial charge < -0.3 is 19.1 Å². The van der Waals surface area contributed by atoms with Crippen LogP contribution in [0.3, 0.4) is 0 Å². The number of ether oxygens (including phenoxy) is 2. The Morgan fingerprint density at radius 2 is 1.90 bits per heavy atom. The molecule has 2 heterocycles. The third-order valence-corrected chi connectivity index (χ3v) is 7.09. The van der Waals surface area contributed by atoms with Gasteiger partial charge in [-0.3, -0.25) is 23.7 Å². The van der Waals surface area contributed by atoms with Crippen molar-refractivity contribution in [3.63, 3.8) is 0 Å². The van der Waals surface area contributed by atoms with Crippen LogP contribution in [-0.4, -0.2) is 63.7 Å². The number of carbonyl (C=O) groups excluding carboxylic acids is 1. The highest BCUT2D eigenvalue weighted by atomic mass is 31.2. The minimum atomic E-state index is -4.77. The number of halogens is 4. The molecule has 0 bridgehead atoms. The maximum atomic E-state index is 15.0. The van der Waals surface area contributed by atoms with E-state index in [-0.39, 0.29) is 16.5 Å². The first-order valence-corrected chi connectivity index (χ1v) is 13.0. The molecule has 0 spiro atoms. The normalized spacial score (nSPS) is 25.4. The number of para-hydroxylation sites is 1. The highest BCUT2D eigenvalue weighted by Crippen LogP contribution is 2.49. The van der Waals surface area contributed by atoms with Crippen LogP contribution in [0.1, 0.15) is 27.0 Å². The van der Waals surface area contributed by atoms with Crippen molar-refractivity contribution >= 4 is 13.7 Å². The zero-order valence-electron chi connectivity index (χ0n) is 20.8. The number of hydrogen-bond donors (Lipinski definition) is 3. The van der Waals surface area contributed by atoms with Crippen molar-refractivity contribution in [2.45, 2.75) is 63.4 Å². The summed E-state index contributed by atoms with van der Waals surface area (Å²) in [5.41, 5.74) is -6.12. The molecular formula is C22H26F4N3O9P. The number of aliphatic hydroxyl groups excluding tert-OH is 1. The highest BCUT2D eigenvalue weighted by molar-refractivity contribution is 7.52. The lowest BCUT2D eigenvalue weighted by molar-refractivity contribution is -0.193. The number of H-pyrrole nitrogens is 1. The third kappa shape index (κ3) is 6.76. The Hall–Kier alpha value is -3.04. The number of nitrogens with zero attached hydrogens (tertiary/aromatic N) is 1. The maximum absolute atomic E-state index is 15.0. The smallest absolute Gasteiger partial charge is 0.459 e. The molecule has 3 N–H and O–H groups in total. The molecule has 12 nitrogen and oxygen atoms in total. The Labute approximate surface area is 218 Å². The quantitative estimate of drug-likeness (QED) is 0.203. The van der Waals surface area contributed by atoms with Gasteiger partial charge in [0.25, 0.3) is 12.0 Å². The maximum Gasteiger partial charge on any atom is 0.459 e. The van der Waals surface area contributed by atoms with Gasteiger partial charge in [-0.1, -0.05) is 18.2 Å². The minimum absolute atomic E-state index is 0.0757. The highest BCUT2D eigenvalue weighted by Gasteiger charge is 2.62. The number of aliphatic hydroxyl groups is 1. The van der Waals surface area contributed by atoms with Crippen LogP contribution in [0, 0.1) is 5.82 Å². The summed E-state index contributed by atoms with van der Waals surface area (Å²) in [7, 11) is -4.77. The molecule has 1 saturated heterocycles. The van der Waals surface area contributed by atoms with Crippen LogP contribution in [0.2, 0.25) is 0 Å². The van der Waals surface area contributed by atoms with Gasteiger partial charge in [-0.2, -0.15) is 9.48 Å². The Balaban J connectivity index is 1.92. The molecule has 216 valence electrons. The molecule has 1 fully saturated rings. The number of aromatic nitrogens is 2. The van der Waals surface area contributed by atoms with Gasteiger partial charge in [-0.25, -0.2) is 22.5 Å². The Morgan fingerprint density at radius 1 is 1.26 bits per heavy atom. The van der Waals surface area contributed by atoms with Crippen LogP contribution in [0.25, 0.3) is 0 Å². The first-order valence-electron chi connectivity index (χ1n) is 11.5. The largest absolute Gasteiger partial charge is 0.462 e. The summed E-state index contributed by atoms with van der Waals surface area (Å²) in [6.07, 6.45) is -11.8. The van der Waals surface area contributed by atoms with Gasteiger partial charge in [-0.05, 0) is 32.9 Å². The molecule has 17 heteroatoms. The summed E-state index contributed by atoms with van der Waals surface area (Å²) in [4.78, 5) is 37.1. The summed E-state index contributed by atoms with van der Waals surface area (Å²) in [5, 5.41) is 12.6. The molecule has 39 heavy (non-hydrogen) atoms. The van der Waals surface area contributed by atoms with Gasteiger partial charge in [0.05, 0.1) is 18.9 Å². The van der Waals surface area contributed by atoms with Gasteiger partial charge in [0.2, 0.25) is 5.82 Å². The van der Waals surface area contributed by atoms with Crippen molar-refractivity contribution in [2.24, 2.45) is 0 Å².